The van der Waals surface area contributed by atoms with E-state index in [0.29, 0.717) is 12.0 Å². The number of amides is 3. The Balaban J connectivity index is 1.99. The average molecular weight is 348 g/mol. The first kappa shape index (κ1) is 17.5. The Hall–Kier alpha value is -1.90. The van der Waals surface area contributed by atoms with Crippen molar-refractivity contribution in [1.82, 2.24) is 10.2 Å². The number of hydrogen-bond donors (Lipinski definition) is 1. The number of ether oxygens (including phenoxy) is 1. The maximum atomic E-state index is 12.1. The van der Waals surface area contributed by atoms with Crippen molar-refractivity contribution < 1.29 is 27.5 Å². The number of imide groups is 1. The van der Waals surface area contributed by atoms with Crippen LogP contribution in [0.5, 0.6) is 5.75 Å². The second-order valence-corrected chi connectivity index (χ2v) is 5.89. The molecule has 9 heteroatoms. The number of nitrogens with zero attached hydrogens (tertiary/aromatic N) is 1. The molecule has 1 aromatic rings. The second-order valence-electron chi connectivity index (χ2n) is 4.90. The molecule has 126 valence electrons. The molecule has 5 nitrogen and oxygen atoms in total. The average Bonchev–Trinajstić information content (AvgIpc) is 2.73. The highest BCUT2D eigenvalue weighted by Gasteiger charge is 2.37. The van der Waals surface area contributed by atoms with Crippen LogP contribution in [0.4, 0.5) is 18.0 Å². The zero-order chi connectivity index (χ0) is 17.0. The fourth-order valence-corrected chi connectivity index (χ4v) is 2.61. The van der Waals surface area contributed by atoms with Gasteiger partial charge in [0, 0.05) is 0 Å². The highest BCUT2D eigenvalue weighted by atomic mass is 32.2. The number of carbonyl (C=O) groups is 2. The molecule has 0 spiro atoms. The van der Waals surface area contributed by atoms with E-state index in [1.807, 2.05) is 6.26 Å². The predicted octanol–water partition coefficient (Wildman–Crippen LogP) is 2.76. The molecule has 0 radical (unpaired) electrons. The summed E-state index contributed by atoms with van der Waals surface area (Å²) in [6.07, 6.45) is -2.30. The van der Waals surface area contributed by atoms with E-state index in [4.69, 9.17) is 0 Å². The number of alkyl halides is 3. The summed E-state index contributed by atoms with van der Waals surface area (Å²) in [6.45, 7) is 0.00668. The second kappa shape index (κ2) is 7.12. The molecule has 1 atom stereocenters. The van der Waals surface area contributed by atoms with E-state index >= 15 is 0 Å². The maximum Gasteiger partial charge on any atom is 0.573 e. The molecular formula is C14H15F3N2O3S. The van der Waals surface area contributed by atoms with E-state index in [-0.39, 0.29) is 18.2 Å². The van der Waals surface area contributed by atoms with Gasteiger partial charge < -0.3 is 10.1 Å². The number of urea groups is 1. The fraction of sp³-hybridized carbons (Fsp3) is 0.429. The van der Waals surface area contributed by atoms with Crippen molar-refractivity contribution in [3.63, 3.8) is 0 Å². The van der Waals surface area contributed by atoms with Crippen LogP contribution in [0.3, 0.4) is 0 Å². The molecule has 0 unspecified atom stereocenters. The molecule has 1 heterocycles. The van der Waals surface area contributed by atoms with Gasteiger partial charge in [0.25, 0.3) is 5.91 Å². The maximum absolute atomic E-state index is 12.1. The molecule has 0 aromatic heterocycles. The molecule has 0 aliphatic carbocycles. The first-order valence-corrected chi connectivity index (χ1v) is 8.15. The monoisotopic (exact) mass is 348 g/mol. The lowest BCUT2D eigenvalue weighted by molar-refractivity contribution is -0.274. The summed E-state index contributed by atoms with van der Waals surface area (Å²) in [7, 11) is 0. The topological polar surface area (TPSA) is 58.6 Å². The molecular weight excluding hydrogens is 333 g/mol. The Morgan fingerprint density at radius 3 is 2.48 bits per heavy atom. The molecule has 1 aromatic carbocycles. The fourth-order valence-electron chi connectivity index (χ4n) is 2.14. The van der Waals surface area contributed by atoms with Crippen LogP contribution in [0.15, 0.2) is 24.3 Å². The summed E-state index contributed by atoms with van der Waals surface area (Å²) >= 11 is 1.58. The van der Waals surface area contributed by atoms with Crippen LogP contribution in [0.1, 0.15) is 12.0 Å². The number of carbonyl (C=O) groups excluding carboxylic acids is 2. The van der Waals surface area contributed by atoms with E-state index in [9.17, 15) is 22.8 Å². The van der Waals surface area contributed by atoms with Crippen molar-refractivity contribution in [3.05, 3.63) is 29.8 Å². The number of nitrogens with one attached hydrogen (secondary N) is 1. The smallest absolute Gasteiger partial charge is 0.406 e. The third-order valence-electron chi connectivity index (χ3n) is 3.22. The van der Waals surface area contributed by atoms with Gasteiger partial charge >= 0.3 is 12.4 Å². The molecule has 1 aliphatic rings. The lowest BCUT2D eigenvalue weighted by Gasteiger charge is -2.14. The largest absolute Gasteiger partial charge is 0.573 e. The molecule has 1 fully saturated rings. The minimum atomic E-state index is -4.75. The van der Waals surface area contributed by atoms with Crippen molar-refractivity contribution >= 4 is 23.7 Å². The third kappa shape index (κ3) is 4.78. The molecule has 3 amide bonds. The minimum absolute atomic E-state index is 0.00668. The van der Waals surface area contributed by atoms with Crippen molar-refractivity contribution in [2.75, 3.05) is 12.0 Å². The Morgan fingerprint density at radius 2 is 1.91 bits per heavy atom. The van der Waals surface area contributed by atoms with Gasteiger partial charge in [-0.2, -0.15) is 11.8 Å². The first-order valence-electron chi connectivity index (χ1n) is 6.75. The summed E-state index contributed by atoms with van der Waals surface area (Å²) in [4.78, 5) is 25.0. The van der Waals surface area contributed by atoms with Crippen LogP contribution in [0, 0.1) is 0 Å². The summed E-state index contributed by atoms with van der Waals surface area (Å²) < 4.78 is 40.0. The molecule has 1 N–H and O–H groups in total. The van der Waals surface area contributed by atoms with Crippen LogP contribution in [0.25, 0.3) is 0 Å². The first-order chi connectivity index (χ1) is 10.8. The Kier molecular flexibility index (Phi) is 5.40. The Labute approximate surface area is 135 Å². The van der Waals surface area contributed by atoms with Gasteiger partial charge in [0.05, 0.1) is 6.54 Å². The van der Waals surface area contributed by atoms with Gasteiger partial charge in [0.15, 0.2) is 0 Å². The molecule has 23 heavy (non-hydrogen) atoms. The number of halogens is 3. The summed E-state index contributed by atoms with van der Waals surface area (Å²) in [5.41, 5.74) is 0.536. The SMILES string of the molecule is CSCC[C@H]1NC(=O)N(Cc2ccc(OC(F)(F)F)cc2)C1=O. The van der Waals surface area contributed by atoms with E-state index in [0.717, 1.165) is 22.8 Å². The van der Waals surface area contributed by atoms with E-state index in [1.165, 1.54) is 12.1 Å². The molecule has 0 bridgehead atoms. The van der Waals surface area contributed by atoms with E-state index in [1.54, 1.807) is 11.8 Å². The van der Waals surface area contributed by atoms with Gasteiger partial charge in [-0.15, -0.1) is 13.2 Å². The Bertz CT molecular complexity index is 578. The number of hydrogen-bond acceptors (Lipinski definition) is 4. The Morgan fingerprint density at radius 1 is 1.26 bits per heavy atom. The zero-order valence-corrected chi connectivity index (χ0v) is 13.0. The quantitative estimate of drug-likeness (QED) is 0.803. The highest BCUT2D eigenvalue weighted by Crippen LogP contribution is 2.23. The molecule has 1 aliphatic heterocycles. The van der Waals surface area contributed by atoms with Gasteiger partial charge in [-0.3, -0.25) is 9.69 Å². The predicted molar refractivity (Wildman–Crippen MR) is 79.0 cm³/mol. The number of benzene rings is 1. The van der Waals surface area contributed by atoms with Gasteiger partial charge in [-0.25, -0.2) is 4.79 Å². The summed E-state index contributed by atoms with van der Waals surface area (Å²) in [6, 6.07) is 4.03. The lowest BCUT2D eigenvalue weighted by atomic mass is 10.2. The third-order valence-corrected chi connectivity index (χ3v) is 3.86. The summed E-state index contributed by atoms with van der Waals surface area (Å²) in [5, 5.41) is 2.60. The standard InChI is InChI=1S/C14H15F3N2O3S/c1-23-7-6-11-12(20)19(13(21)18-11)8-9-2-4-10(5-3-9)22-14(15,16)17/h2-5,11H,6-8H2,1H3,(H,18,21)/t11-/m1/s1. The van der Waals surface area contributed by atoms with Crippen LogP contribution < -0.4 is 10.1 Å². The normalized spacial score (nSPS) is 18.3. The van der Waals surface area contributed by atoms with Crippen molar-refractivity contribution in [2.45, 2.75) is 25.4 Å². The van der Waals surface area contributed by atoms with Crippen LogP contribution in [0.2, 0.25) is 0 Å². The van der Waals surface area contributed by atoms with Gasteiger partial charge in [0.1, 0.15) is 11.8 Å². The van der Waals surface area contributed by atoms with Crippen molar-refractivity contribution in [1.29, 1.82) is 0 Å². The van der Waals surface area contributed by atoms with Gasteiger partial charge in [0.2, 0.25) is 0 Å². The van der Waals surface area contributed by atoms with E-state index < -0.39 is 18.4 Å². The van der Waals surface area contributed by atoms with E-state index in [2.05, 4.69) is 10.1 Å². The highest BCUT2D eigenvalue weighted by molar-refractivity contribution is 7.98. The van der Waals surface area contributed by atoms with Crippen LogP contribution in [-0.2, 0) is 11.3 Å². The van der Waals surface area contributed by atoms with Crippen molar-refractivity contribution in [2.24, 2.45) is 0 Å². The molecule has 0 saturated carbocycles. The molecule has 2 rings (SSSR count). The zero-order valence-electron chi connectivity index (χ0n) is 12.2. The van der Waals surface area contributed by atoms with Crippen LogP contribution >= 0.6 is 11.8 Å². The van der Waals surface area contributed by atoms with Crippen molar-refractivity contribution in [3.8, 4) is 5.75 Å². The number of rotatable bonds is 6. The van der Waals surface area contributed by atoms with Gasteiger partial charge in [-0.05, 0) is 36.1 Å². The summed E-state index contributed by atoms with van der Waals surface area (Å²) in [5.74, 6) is 0.0736. The van der Waals surface area contributed by atoms with Crippen LogP contribution in [-0.4, -0.2) is 41.3 Å². The molecule has 1 saturated heterocycles. The minimum Gasteiger partial charge on any atom is -0.406 e. The van der Waals surface area contributed by atoms with Gasteiger partial charge in [-0.1, -0.05) is 12.1 Å². The lowest BCUT2D eigenvalue weighted by Crippen LogP contribution is -2.31. The number of thioether (sulfide) groups is 1.